The molecule has 1 aliphatic heterocycles. The van der Waals surface area contributed by atoms with Gasteiger partial charge in [-0.3, -0.25) is 4.79 Å². The van der Waals surface area contributed by atoms with Gasteiger partial charge in [-0.1, -0.05) is 24.3 Å². The summed E-state index contributed by atoms with van der Waals surface area (Å²) < 4.78 is 26.3. The van der Waals surface area contributed by atoms with Gasteiger partial charge in [0.25, 0.3) is 0 Å². The van der Waals surface area contributed by atoms with E-state index in [9.17, 15) is 13.6 Å². The second kappa shape index (κ2) is 6.26. The summed E-state index contributed by atoms with van der Waals surface area (Å²) >= 11 is 0. The third kappa shape index (κ3) is 3.16. The zero-order valence-electron chi connectivity index (χ0n) is 12.1. The van der Waals surface area contributed by atoms with E-state index in [1.807, 2.05) is 4.90 Å². The molecule has 114 valence electrons. The summed E-state index contributed by atoms with van der Waals surface area (Å²) in [5, 5.41) is 0. The van der Waals surface area contributed by atoms with Gasteiger partial charge >= 0.3 is 0 Å². The lowest BCUT2D eigenvalue weighted by atomic mass is 10.0. The topological polar surface area (TPSA) is 20.3 Å². The average molecular weight is 301 g/mol. The molecule has 1 fully saturated rings. The molecular weight excluding hydrogens is 284 g/mol. The van der Waals surface area contributed by atoms with Gasteiger partial charge < -0.3 is 4.90 Å². The summed E-state index contributed by atoms with van der Waals surface area (Å²) in [5.74, 6) is -0.626. The Morgan fingerprint density at radius 1 is 1.09 bits per heavy atom. The first-order valence-electron chi connectivity index (χ1n) is 7.43. The first-order chi connectivity index (χ1) is 10.6. The van der Waals surface area contributed by atoms with Crippen LogP contribution < -0.4 is 0 Å². The predicted molar refractivity (Wildman–Crippen MR) is 80.2 cm³/mol. The molecule has 0 aliphatic carbocycles. The maximum Gasteiger partial charge on any atom is 0.227 e. The highest BCUT2D eigenvalue weighted by Gasteiger charge is 2.29. The van der Waals surface area contributed by atoms with Crippen LogP contribution in [0.15, 0.2) is 48.5 Å². The zero-order chi connectivity index (χ0) is 15.5. The molecule has 0 bridgehead atoms. The predicted octanol–water partition coefficient (Wildman–Crippen LogP) is 3.87. The standard InChI is InChI=1S/C18H17F2NO/c19-15-8-6-14(7-9-15)17-5-2-10-21(17)18(22)12-13-3-1-4-16(20)11-13/h1,3-4,6-9,11,17H,2,5,10,12H2/t17-/m0/s1. The van der Waals surface area contributed by atoms with E-state index in [1.165, 1.54) is 24.3 Å². The number of carbonyl (C=O) groups is 1. The molecule has 2 nitrogen and oxygen atoms in total. The molecule has 1 aliphatic rings. The van der Waals surface area contributed by atoms with E-state index in [-0.39, 0.29) is 30.0 Å². The molecule has 1 heterocycles. The zero-order valence-corrected chi connectivity index (χ0v) is 12.1. The number of likely N-dealkylation sites (tertiary alicyclic amines) is 1. The fourth-order valence-electron chi connectivity index (χ4n) is 3.02. The highest BCUT2D eigenvalue weighted by atomic mass is 19.1. The molecule has 0 radical (unpaired) electrons. The molecule has 4 heteroatoms. The van der Waals surface area contributed by atoms with Crippen molar-refractivity contribution in [3.05, 3.63) is 71.3 Å². The van der Waals surface area contributed by atoms with Gasteiger partial charge in [0, 0.05) is 6.54 Å². The molecule has 3 rings (SSSR count). The van der Waals surface area contributed by atoms with Crippen LogP contribution in [-0.4, -0.2) is 17.4 Å². The molecule has 0 saturated carbocycles. The normalized spacial score (nSPS) is 17.7. The van der Waals surface area contributed by atoms with E-state index in [1.54, 1.807) is 24.3 Å². The van der Waals surface area contributed by atoms with Crippen LogP contribution in [0.4, 0.5) is 8.78 Å². The van der Waals surface area contributed by atoms with Crippen molar-refractivity contribution in [1.29, 1.82) is 0 Å². The van der Waals surface area contributed by atoms with Gasteiger partial charge in [-0.05, 0) is 48.2 Å². The summed E-state index contributed by atoms with van der Waals surface area (Å²) in [6.45, 7) is 0.691. The van der Waals surface area contributed by atoms with Gasteiger partial charge in [-0.15, -0.1) is 0 Å². The second-order valence-electron chi connectivity index (χ2n) is 5.60. The molecule has 2 aromatic carbocycles. The highest BCUT2D eigenvalue weighted by Crippen LogP contribution is 2.32. The van der Waals surface area contributed by atoms with Gasteiger partial charge in [0.1, 0.15) is 11.6 Å². The number of carbonyl (C=O) groups excluding carboxylic acids is 1. The molecule has 1 saturated heterocycles. The lowest BCUT2D eigenvalue weighted by Crippen LogP contribution is -2.31. The van der Waals surface area contributed by atoms with Crippen molar-refractivity contribution in [3.8, 4) is 0 Å². The van der Waals surface area contributed by atoms with Crippen LogP contribution in [0.25, 0.3) is 0 Å². The molecule has 1 amide bonds. The highest BCUT2D eigenvalue weighted by molar-refractivity contribution is 5.79. The van der Waals surface area contributed by atoms with Crippen molar-refractivity contribution in [1.82, 2.24) is 4.90 Å². The van der Waals surface area contributed by atoms with Crippen LogP contribution in [0.5, 0.6) is 0 Å². The van der Waals surface area contributed by atoms with Gasteiger partial charge in [-0.2, -0.15) is 0 Å². The van der Waals surface area contributed by atoms with Crippen molar-refractivity contribution in [3.63, 3.8) is 0 Å². The second-order valence-corrected chi connectivity index (χ2v) is 5.60. The summed E-state index contributed by atoms with van der Waals surface area (Å²) in [6, 6.07) is 12.4. The third-order valence-corrected chi connectivity index (χ3v) is 4.07. The average Bonchev–Trinajstić information content (AvgIpc) is 2.97. The van der Waals surface area contributed by atoms with E-state index in [0.29, 0.717) is 12.1 Å². The Labute approximate surface area is 128 Å². The van der Waals surface area contributed by atoms with Crippen LogP contribution in [-0.2, 0) is 11.2 Å². The maximum absolute atomic E-state index is 13.2. The summed E-state index contributed by atoms with van der Waals surface area (Å²) in [7, 11) is 0. The Hall–Kier alpha value is -2.23. The number of hydrogen-bond acceptors (Lipinski definition) is 1. The van der Waals surface area contributed by atoms with Crippen molar-refractivity contribution >= 4 is 5.91 Å². The SMILES string of the molecule is O=C(Cc1cccc(F)c1)N1CCC[C@H]1c1ccc(F)cc1. The van der Waals surface area contributed by atoms with Crippen LogP contribution in [0.3, 0.4) is 0 Å². The van der Waals surface area contributed by atoms with E-state index in [0.717, 1.165) is 18.4 Å². The Kier molecular flexibility index (Phi) is 4.18. The lowest BCUT2D eigenvalue weighted by Gasteiger charge is -2.25. The third-order valence-electron chi connectivity index (χ3n) is 4.07. The Morgan fingerprint density at radius 3 is 2.59 bits per heavy atom. The smallest absolute Gasteiger partial charge is 0.227 e. The number of hydrogen-bond donors (Lipinski definition) is 0. The molecule has 0 N–H and O–H groups in total. The largest absolute Gasteiger partial charge is 0.335 e. The van der Waals surface area contributed by atoms with Crippen molar-refractivity contribution in [2.75, 3.05) is 6.54 Å². The Morgan fingerprint density at radius 2 is 1.86 bits per heavy atom. The van der Waals surface area contributed by atoms with Crippen LogP contribution in [0.2, 0.25) is 0 Å². The number of amides is 1. The minimum Gasteiger partial charge on any atom is -0.335 e. The fourth-order valence-corrected chi connectivity index (χ4v) is 3.02. The van der Waals surface area contributed by atoms with Crippen LogP contribution in [0, 0.1) is 11.6 Å². The summed E-state index contributed by atoms with van der Waals surface area (Å²) in [6.07, 6.45) is 1.99. The maximum atomic E-state index is 13.2. The molecule has 2 aromatic rings. The molecule has 0 spiro atoms. The van der Waals surface area contributed by atoms with Crippen LogP contribution in [0.1, 0.15) is 30.0 Å². The summed E-state index contributed by atoms with van der Waals surface area (Å²) in [4.78, 5) is 14.3. The van der Waals surface area contributed by atoms with Crippen molar-refractivity contribution in [2.24, 2.45) is 0 Å². The number of benzene rings is 2. The van der Waals surface area contributed by atoms with E-state index < -0.39 is 0 Å². The summed E-state index contributed by atoms with van der Waals surface area (Å²) in [5.41, 5.74) is 1.63. The lowest BCUT2D eigenvalue weighted by molar-refractivity contribution is -0.131. The van der Waals surface area contributed by atoms with Gasteiger partial charge in [0.2, 0.25) is 5.91 Å². The quantitative estimate of drug-likeness (QED) is 0.842. The van der Waals surface area contributed by atoms with E-state index in [2.05, 4.69) is 0 Å². The minimum absolute atomic E-state index is 0.0124. The number of halogens is 2. The molecule has 1 atom stereocenters. The minimum atomic E-state index is -0.332. The van der Waals surface area contributed by atoms with Gasteiger partial charge in [-0.25, -0.2) is 8.78 Å². The van der Waals surface area contributed by atoms with Crippen molar-refractivity contribution in [2.45, 2.75) is 25.3 Å². The van der Waals surface area contributed by atoms with E-state index >= 15 is 0 Å². The molecule has 0 aromatic heterocycles. The van der Waals surface area contributed by atoms with Gasteiger partial charge in [0.15, 0.2) is 0 Å². The Bertz CT molecular complexity index is 669. The monoisotopic (exact) mass is 301 g/mol. The Balaban J connectivity index is 1.75. The number of nitrogens with zero attached hydrogens (tertiary/aromatic N) is 1. The molecule has 22 heavy (non-hydrogen) atoms. The van der Waals surface area contributed by atoms with Gasteiger partial charge in [0.05, 0.1) is 12.5 Å². The first kappa shape index (κ1) is 14.7. The fraction of sp³-hybridized carbons (Fsp3) is 0.278. The first-order valence-corrected chi connectivity index (χ1v) is 7.43. The van der Waals surface area contributed by atoms with Crippen LogP contribution >= 0.6 is 0 Å². The number of rotatable bonds is 3. The molecular formula is C18H17F2NO. The molecule has 0 unspecified atom stereocenters. The van der Waals surface area contributed by atoms with Crippen molar-refractivity contribution < 1.29 is 13.6 Å². The van der Waals surface area contributed by atoms with E-state index in [4.69, 9.17) is 0 Å².